The van der Waals surface area contributed by atoms with E-state index in [1.165, 1.54) is 0 Å². The van der Waals surface area contributed by atoms with E-state index in [9.17, 15) is 0 Å². The molecule has 0 nitrogen and oxygen atoms in total. The molecule has 1 heterocycles. The van der Waals surface area contributed by atoms with Gasteiger partial charge in [0.25, 0.3) is 0 Å². The molecule has 0 aromatic heterocycles. The normalized spacial score (nSPS) is 22.4. The number of rotatable bonds is 0. The van der Waals surface area contributed by atoms with Crippen molar-refractivity contribution in [1.29, 1.82) is 0 Å². The van der Waals surface area contributed by atoms with E-state index in [2.05, 4.69) is 17.6 Å². The van der Waals surface area contributed by atoms with Crippen LogP contribution in [0.4, 0.5) is 0 Å². The van der Waals surface area contributed by atoms with Gasteiger partial charge in [-0.05, 0) is 0 Å². The van der Waals surface area contributed by atoms with Gasteiger partial charge in [0.15, 0.2) is 0 Å². The Morgan fingerprint density at radius 1 is 1.80 bits per heavy atom. The molecular formula is C4H7Ge. The van der Waals surface area contributed by atoms with Gasteiger partial charge in [0.1, 0.15) is 0 Å². The van der Waals surface area contributed by atoms with Gasteiger partial charge in [0.05, 0.1) is 0 Å². The second kappa shape index (κ2) is 0.870. The molecule has 1 aliphatic heterocycles. The Labute approximate surface area is 37.0 Å². The van der Waals surface area contributed by atoms with E-state index < -0.39 is 14.3 Å². The average Bonchev–Trinajstić information content (AvgIpc) is 1.79. The maximum absolute atomic E-state index is 2.42. The first-order valence-electron chi connectivity index (χ1n) is 1.83. The van der Waals surface area contributed by atoms with E-state index in [1.54, 1.807) is 4.41 Å². The Hall–Kier alpha value is 0.283. The molecule has 0 fully saturated rings. The quantitative estimate of drug-likeness (QED) is 0.429. The molecule has 0 N–H and O–H groups in total. The standard InChI is InChI=1S/C4H7Ge/c1-4-3-5(4)2/h3H,1-2H3. The zero-order chi connectivity index (χ0) is 3.86. The summed E-state index contributed by atoms with van der Waals surface area (Å²) in [7, 11) is 0. The fourth-order valence-electron chi connectivity index (χ4n) is 0.289. The molecular weight excluding hydrogens is 121 g/mol. The summed E-state index contributed by atoms with van der Waals surface area (Å²) in [6.07, 6.45) is 0. The van der Waals surface area contributed by atoms with Gasteiger partial charge in [-0.15, -0.1) is 0 Å². The fourth-order valence-corrected chi connectivity index (χ4v) is 3.07. The summed E-state index contributed by atoms with van der Waals surface area (Å²) in [6.45, 7) is 2.23. The van der Waals surface area contributed by atoms with Crippen molar-refractivity contribution in [2.24, 2.45) is 0 Å². The average molecular weight is 128 g/mol. The van der Waals surface area contributed by atoms with Crippen LogP contribution in [-0.4, -0.2) is 14.3 Å². The van der Waals surface area contributed by atoms with E-state index >= 15 is 0 Å². The fraction of sp³-hybridized carbons (Fsp3) is 0.500. The second-order valence-electron chi connectivity index (χ2n) is 1.51. The van der Waals surface area contributed by atoms with E-state index in [1.807, 2.05) is 0 Å². The molecule has 0 saturated carbocycles. The van der Waals surface area contributed by atoms with E-state index in [-0.39, 0.29) is 0 Å². The summed E-state index contributed by atoms with van der Waals surface area (Å²) in [5.74, 6) is 2.37. The molecule has 1 heteroatoms. The summed E-state index contributed by atoms with van der Waals surface area (Å²) in [4.78, 5) is 2.42. The summed E-state index contributed by atoms with van der Waals surface area (Å²) in [5.41, 5.74) is 0. The van der Waals surface area contributed by atoms with Gasteiger partial charge in [-0.3, -0.25) is 0 Å². The van der Waals surface area contributed by atoms with Gasteiger partial charge in [-0.1, -0.05) is 0 Å². The summed E-state index contributed by atoms with van der Waals surface area (Å²) in [6, 6.07) is 0. The molecule has 0 amide bonds. The molecule has 0 spiro atoms. The van der Waals surface area contributed by atoms with Crippen molar-refractivity contribution in [3.05, 3.63) is 9.31 Å². The molecule has 1 rings (SSSR count). The summed E-state index contributed by atoms with van der Waals surface area (Å²) >= 11 is -0.398. The molecule has 1 radical (unpaired) electrons. The number of hydrogen-bond acceptors (Lipinski definition) is 0. The first-order valence-corrected chi connectivity index (χ1v) is 6.19. The Bertz CT molecular complexity index is 73.7. The van der Waals surface area contributed by atoms with Crippen LogP contribution in [0.25, 0.3) is 0 Å². The summed E-state index contributed by atoms with van der Waals surface area (Å²) in [5, 5.41) is 0. The number of allylic oxidation sites excluding steroid dienone is 1. The van der Waals surface area contributed by atoms with E-state index in [0.717, 1.165) is 0 Å². The van der Waals surface area contributed by atoms with E-state index in [0.29, 0.717) is 0 Å². The minimum atomic E-state index is -0.398. The third-order valence-corrected chi connectivity index (χ3v) is 5.05. The molecule has 27 valence electrons. The van der Waals surface area contributed by atoms with Crippen molar-refractivity contribution in [3.63, 3.8) is 0 Å². The second-order valence-corrected chi connectivity index (χ2v) is 6.64. The van der Waals surface area contributed by atoms with Gasteiger partial charge < -0.3 is 0 Å². The van der Waals surface area contributed by atoms with Gasteiger partial charge in [-0.25, -0.2) is 0 Å². The Balaban J connectivity index is 2.38. The SMILES string of the molecule is C[C]1=[CH][Ge]1[CH3]. The molecule has 0 unspecified atom stereocenters. The molecule has 0 atom stereocenters. The zero-order valence-corrected chi connectivity index (χ0v) is 5.68. The van der Waals surface area contributed by atoms with Crippen LogP contribution in [0.1, 0.15) is 6.92 Å². The van der Waals surface area contributed by atoms with Gasteiger partial charge >= 0.3 is 36.3 Å². The van der Waals surface area contributed by atoms with Crippen LogP contribution >= 0.6 is 0 Å². The van der Waals surface area contributed by atoms with Crippen molar-refractivity contribution in [3.8, 4) is 0 Å². The Morgan fingerprint density at radius 2 is 2.00 bits per heavy atom. The maximum atomic E-state index is 2.42. The van der Waals surface area contributed by atoms with Crippen LogP contribution in [0.3, 0.4) is 0 Å². The third-order valence-electron chi connectivity index (χ3n) is 0.972. The van der Waals surface area contributed by atoms with Crippen molar-refractivity contribution in [2.75, 3.05) is 0 Å². The molecule has 5 heavy (non-hydrogen) atoms. The van der Waals surface area contributed by atoms with Crippen LogP contribution in [-0.2, 0) is 0 Å². The third kappa shape index (κ3) is 0.565. The van der Waals surface area contributed by atoms with Gasteiger partial charge in [0.2, 0.25) is 0 Å². The van der Waals surface area contributed by atoms with Crippen molar-refractivity contribution < 1.29 is 0 Å². The minimum absolute atomic E-state index is 0.398. The van der Waals surface area contributed by atoms with Crippen LogP contribution < -0.4 is 0 Å². The van der Waals surface area contributed by atoms with Crippen LogP contribution in [0.15, 0.2) is 9.31 Å². The molecule has 0 aromatic carbocycles. The molecule has 0 aliphatic carbocycles. The van der Waals surface area contributed by atoms with Gasteiger partial charge in [0, 0.05) is 0 Å². The van der Waals surface area contributed by atoms with Crippen LogP contribution in [0.2, 0.25) is 5.76 Å². The van der Waals surface area contributed by atoms with Crippen LogP contribution in [0, 0.1) is 0 Å². The number of hydrogen-bond donors (Lipinski definition) is 0. The molecule has 0 aromatic rings. The predicted molar refractivity (Wildman–Crippen MR) is 25.4 cm³/mol. The molecule has 0 saturated heterocycles. The van der Waals surface area contributed by atoms with Crippen molar-refractivity contribution >= 4 is 14.3 Å². The van der Waals surface area contributed by atoms with Crippen molar-refractivity contribution in [1.82, 2.24) is 0 Å². The van der Waals surface area contributed by atoms with Gasteiger partial charge in [-0.2, -0.15) is 0 Å². The molecule has 0 bridgehead atoms. The summed E-state index contributed by atoms with van der Waals surface area (Å²) < 4.78 is 1.71. The first kappa shape index (κ1) is 3.47. The molecule has 1 aliphatic rings. The van der Waals surface area contributed by atoms with Crippen molar-refractivity contribution in [2.45, 2.75) is 12.7 Å². The topological polar surface area (TPSA) is 0 Å². The van der Waals surface area contributed by atoms with Crippen LogP contribution in [0.5, 0.6) is 0 Å². The zero-order valence-electron chi connectivity index (χ0n) is 3.58. The van der Waals surface area contributed by atoms with E-state index in [4.69, 9.17) is 0 Å². The Morgan fingerprint density at radius 3 is 2.00 bits per heavy atom. The Kier molecular flexibility index (Phi) is 0.604. The monoisotopic (exact) mass is 129 g/mol. The first-order chi connectivity index (χ1) is 2.30. The predicted octanol–water partition coefficient (Wildman–Crippen LogP) is 1.15.